The molecule has 2 heterocycles. The lowest BCUT2D eigenvalue weighted by Crippen LogP contribution is -2.04. The Morgan fingerprint density at radius 3 is 2.89 bits per heavy atom. The van der Waals surface area contributed by atoms with E-state index >= 15 is 0 Å². The molecule has 18 heavy (non-hydrogen) atoms. The van der Waals surface area contributed by atoms with E-state index in [4.69, 9.17) is 0 Å². The summed E-state index contributed by atoms with van der Waals surface area (Å²) in [7, 11) is 0. The highest BCUT2D eigenvalue weighted by molar-refractivity contribution is 9.11. The lowest BCUT2D eigenvalue weighted by Gasteiger charge is -2.13. The third-order valence-electron chi connectivity index (χ3n) is 2.96. The Balaban J connectivity index is 1.83. The molecule has 0 aliphatic rings. The van der Waals surface area contributed by atoms with E-state index in [-0.39, 0.29) is 0 Å². The Bertz CT molecular complexity index is 671. The molecule has 2 N–H and O–H groups in total. The summed E-state index contributed by atoms with van der Waals surface area (Å²) in [6.07, 6.45) is 1.97. The highest BCUT2D eigenvalue weighted by Gasteiger charge is 2.08. The summed E-state index contributed by atoms with van der Waals surface area (Å²) in [5, 5.41) is 4.76. The van der Waals surface area contributed by atoms with Crippen LogP contribution in [0.15, 0.2) is 46.4 Å². The normalized spacial score (nSPS) is 12.8. The van der Waals surface area contributed by atoms with Crippen LogP contribution in [0.25, 0.3) is 10.9 Å². The van der Waals surface area contributed by atoms with E-state index in [9.17, 15) is 0 Å². The Morgan fingerprint density at radius 1 is 1.22 bits per heavy atom. The second kappa shape index (κ2) is 4.78. The second-order valence-corrected chi connectivity index (χ2v) is 6.78. The molecule has 0 fully saturated rings. The number of hydrogen-bond donors (Lipinski definition) is 2. The summed E-state index contributed by atoms with van der Waals surface area (Å²) in [5.41, 5.74) is 2.33. The summed E-state index contributed by atoms with van der Waals surface area (Å²) >= 11 is 5.27. The van der Waals surface area contributed by atoms with Crippen LogP contribution in [0, 0.1) is 0 Å². The maximum Gasteiger partial charge on any atom is 0.0702 e. The Labute approximate surface area is 118 Å². The van der Waals surface area contributed by atoms with Crippen molar-refractivity contribution in [3.05, 3.63) is 51.3 Å². The van der Waals surface area contributed by atoms with Crippen molar-refractivity contribution < 1.29 is 0 Å². The number of H-pyrrole nitrogens is 1. The molecule has 2 nitrogen and oxygen atoms in total. The van der Waals surface area contributed by atoms with Crippen molar-refractivity contribution in [2.24, 2.45) is 0 Å². The molecule has 2 aromatic heterocycles. The number of benzene rings is 1. The third-order valence-corrected chi connectivity index (χ3v) is 4.76. The van der Waals surface area contributed by atoms with Gasteiger partial charge < -0.3 is 10.3 Å². The zero-order valence-electron chi connectivity index (χ0n) is 9.91. The first-order valence-corrected chi connectivity index (χ1v) is 7.42. The van der Waals surface area contributed by atoms with Gasteiger partial charge in [0.1, 0.15) is 0 Å². The summed E-state index contributed by atoms with van der Waals surface area (Å²) in [6.45, 7) is 2.18. The quantitative estimate of drug-likeness (QED) is 0.685. The van der Waals surface area contributed by atoms with E-state index in [0.717, 1.165) is 5.69 Å². The number of nitrogens with one attached hydrogen (secondary N) is 2. The second-order valence-electron chi connectivity index (χ2n) is 4.29. The van der Waals surface area contributed by atoms with Crippen LogP contribution in [0.1, 0.15) is 17.8 Å². The van der Waals surface area contributed by atoms with Crippen LogP contribution in [0.3, 0.4) is 0 Å². The minimum atomic E-state index is 0.317. The van der Waals surface area contributed by atoms with E-state index in [1.54, 1.807) is 11.3 Å². The zero-order chi connectivity index (χ0) is 12.5. The van der Waals surface area contributed by atoms with Gasteiger partial charge in [0.2, 0.25) is 0 Å². The number of hydrogen-bond acceptors (Lipinski definition) is 2. The fourth-order valence-electron chi connectivity index (χ4n) is 2.03. The maximum atomic E-state index is 3.53. The van der Waals surface area contributed by atoms with Gasteiger partial charge in [-0.2, -0.15) is 0 Å². The predicted molar refractivity (Wildman–Crippen MR) is 82.4 cm³/mol. The monoisotopic (exact) mass is 320 g/mol. The van der Waals surface area contributed by atoms with Gasteiger partial charge in [-0.15, -0.1) is 11.3 Å². The molecule has 0 bridgehead atoms. The van der Waals surface area contributed by atoms with Gasteiger partial charge in [0, 0.05) is 27.7 Å². The molecule has 0 aliphatic heterocycles. The molecule has 3 rings (SSSR count). The van der Waals surface area contributed by atoms with Crippen LogP contribution < -0.4 is 5.32 Å². The van der Waals surface area contributed by atoms with Gasteiger partial charge in [0.25, 0.3) is 0 Å². The van der Waals surface area contributed by atoms with Crippen LogP contribution in [-0.4, -0.2) is 4.98 Å². The first-order valence-electron chi connectivity index (χ1n) is 5.81. The molecule has 0 spiro atoms. The molecule has 0 aliphatic carbocycles. The number of halogens is 1. The smallest absolute Gasteiger partial charge is 0.0702 e. The molecule has 1 atom stereocenters. The molecular formula is C14H13BrN2S. The number of fused-ring (bicyclic) bond motifs is 1. The number of aromatic amines is 1. The van der Waals surface area contributed by atoms with Crippen molar-refractivity contribution >= 4 is 43.9 Å². The lowest BCUT2D eigenvalue weighted by atomic mass is 10.2. The largest absolute Gasteiger partial charge is 0.378 e. The van der Waals surface area contributed by atoms with Crippen molar-refractivity contribution in [2.75, 3.05) is 5.32 Å². The Hall–Kier alpha value is -1.26. The summed E-state index contributed by atoms with van der Waals surface area (Å²) < 4.78 is 1.17. The summed E-state index contributed by atoms with van der Waals surface area (Å²) in [6, 6.07) is 13.0. The van der Waals surface area contributed by atoms with E-state index in [2.05, 4.69) is 69.6 Å². The molecule has 1 unspecified atom stereocenters. The Morgan fingerprint density at radius 2 is 2.11 bits per heavy atom. The molecule has 3 aromatic rings. The molecule has 0 radical (unpaired) electrons. The molecular weight excluding hydrogens is 308 g/mol. The molecule has 92 valence electrons. The SMILES string of the molecule is CC(Nc1ccc2[nH]ccc2c1)c1ccc(Br)s1. The van der Waals surface area contributed by atoms with E-state index in [0.29, 0.717) is 6.04 Å². The van der Waals surface area contributed by atoms with Crippen molar-refractivity contribution in [1.29, 1.82) is 0 Å². The minimum absolute atomic E-state index is 0.317. The highest BCUT2D eigenvalue weighted by Crippen LogP contribution is 2.29. The van der Waals surface area contributed by atoms with E-state index in [1.807, 2.05) is 6.20 Å². The van der Waals surface area contributed by atoms with Gasteiger partial charge in [0.05, 0.1) is 9.83 Å². The van der Waals surface area contributed by atoms with Crippen molar-refractivity contribution in [2.45, 2.75) is 13.0 Å². The van der Waals surface area contributed by atoms with Crippen molar-refractivity contribution in [1.82, 2.24) is 4.98 Å². The van der Waals surface area contributed by atoms with Gasteiger partial charge in [-0.3, -0.25) is 0 Å². The average Bonchev–Trinajstić information content (AvgIpc) is 2.96. The Kier molecular flexibility index (Phi) is 3.14. The third kappa shape index (κ3) is 2.31. The minimum Gasteiger partial charge on any atom is -0.378 e. The number of rotatable bonds is 3. The first kappa shape index (κ1) is 11.8. The van der Waals surface area contributed by atoms with Crippen molar-refractivity contribution in [3.63, 3.8) is 0 Å². The molecule has 0 saturated carbocycles. The van der Waals surface area contributed by atoms with Gasteiger partial charge in [-0.1, -0.05) is 0 Å². The van der Waals surface area contributed by atoms with E-state index in [1.165, 1.54) is 19.6 Å². The highest BCUT2D eigenvalue weighted by atomic mass is 79.9. The number of aromatic nitrogens is 1. The molecule has 4 heteroatoms. The number of thiophene rings is 1. The predicted octanol–water partition coefficient (Wildman–Crippen LogP) is 5.17. The number of anilines is 1. The van der Waals surface area contributed by atoms with Crippen LogP contribution in [0.5, 0.6) is 0 Å². The maximum absolute atomic E-state index is 3.53. The van der Waals surface area contributed by atoms with Crippen LogP contribution in [0.2, 0.25) is 0 Å². The zero-order valence-corrected chi connectivity index (χ0v) is 12.3. The van der Waals surface area contributed by atoms with Crippen LogP contribution in [-0.2, 0) is 0 Å². The molecule has 0 amide bonds. The van der Waals surface area contributed by atoms with Crippen LogP contribution >= 0.6 is 27.3 Å². The summed E-state index contributed by atoms with van der Waals surface area (Å²) in [5.74, 6) is 0. The van der Waals surface area contributed by atoms with Gasteiger partial charge in [-0.05, 0) is 59.3 Å². The topological polar surface area (TPSA) is 27.8 Å². The standard InChI is InChI=1S/C14H13BrN2S/c1-9(13-4-5-14(15)18-13)17-11-2-3-12-10(8-11)6-7-16-12/h2-9,16-17H,1H3. The van der Waals surface area contributed by atoms with Crippen molar-refractivity contribution in [3.8, 4) is 0 Å². The fraction of sp³-hybridized carbons (Fsp3) is 0.143. The molecule has 1 aromatic carbocycles. The first-order chi connectivity index (χ1) is 8.72. The lowest BCUT2D eigenvalue weighted by molar-refractivity contribution is 0.909. The molecule has 0 saturated heterocycles. The fourth-order valence-corrected chi connectivity index (χ4v) is 3.45. The van der Waals surface area contributed by atoms with E-state index < -0.39 is 0 Å². The van der Waals surface area contributed by atoms with Crippen LogP contribution in [0.4, 0.5) is 5.69 Å². The van der Waals surface area contributed by atoms with Gasteiger partial charge in [-0.25, -0.2) is 0 Å². The average molecular weight is 321 g/mol. The van der Waals surface area contributed by atoms with Gasteiger partial charge in [0.15, 0.2) is 0 Å². The van der Waals surface area contributed by atoms with Gasteiger partial charge >= 0.3 is 0 Å². The summed E-state index contributed by atoms with van der Waals surface area (Å²) in [4.78, 5) is 4.53.